The molecule has 2 aromatic carbocycles. The fraction of sp³-hybridized carbons (Fsp3) is 0.667. The number of piperazine rings is 1. The highest BCUT2D eigenvalue weighted by Crippen LogP contribution is 2.67. The van der Waals surface area contributed by atoms with Gasteiger partial charge in [0.25, 0.3) is 11.5 Å². The lowest BCUT2D eigenvalue weighted by molar-refractivity contribution is -0.169. The molecule has 0 radical (unpaired) electrons. The number of carbonyl (C=O) groups excluding carboxylic acids is 1. The number of amides is 1. The summed E-state index contributed by atoms with van der Waals surface area (Å²) in [5, 5.41) is 8.09. The summed E-state index contributed by atoms with van der Waals surface area (Å²) in [7, 11) is 0. The van der Waals surface area contributed by atoms with E-state index in [0.29, 0.717) is 60.9 Å². The first-order valence-corrected chi connectivity index (χ1v) is 21.2. The maximum absolute atomic E-state index is 15.0. The van der Waals surface area contributed by atoms with Crippen LogP contribution in [-0.2, 0) is 11.2 Å². The normalized spacial score (nSPS) is 31.9. The number of halogens is 3. The topological polar surface area (TPSA) is 78.5 Å². The number of carbonyl (C=O) groups is 1. The van der Waals surface area contributed by atoms with Crippen LogP contribution in [0.1, 0.15) is 119 Å². The van der Waals surface area contributed by atoms with E-state index >= 15 is 0 Å². The Morgan fingerprint density at radius 1 is 0.873 bits per heavy atom. The summed E-state index contributed by atoms with van der Waals surface area (Å²) >= 11 is 0. The van der Waals surface area contributed by atoms with Crippen molar-refractivity contribution < 1.29 is 22.7 Å². The van der Waals surface area contributed by atoms with E-state index in [4.69, 9.17) is 4.74 Å². The molecule has 5 aliphatic rings. The van der Waals surface area contributed by atoms with Gasteiger partial charge in [0.15, 0.2) is 0 Å². The number of nitrogens with one attached hydrogen (secondary N) is 1. The second-order valence-corrected chi connectivity index (χ2v) is 18.3. The lowest BCUT2D eigenvalue weighted by Gasteiger charge is -2.61. The molecule has 3 aromatic rings. The zero-order valence-corrected chi connectivity index (χ0v) is 32.8. The standard InChI is InChI=1S/C45H59F3N4O3/c1-43-19-20-45(47,48)29-31(43)12-13-34-36-14-16-40(44(36,2)18-17-37(34)43)55-26-8-4-3-7-21-51-22-24-52(25-23-51)42(54)35-27-30(11-15-38(35)46)28-39-32-9-5-6-10-33(32)41(53)50-49-39/h5-6,9-11,15,27,31,34,36-37,40H,3-4,7-8,12-14,16-26,28-29H2,1-2H3,(H,50,53)/t31-,34-,36-,37-,40-,43-,44-/m0/s1. The van der Waals surface area contributed by atoms with Crippen molar-refractivity contribution in [3.8, 4) is 0 Å². The molecule has 10 heteroatoms. The second kappa shape index (κ2) is 15.6. The van der Waals surface area contributed by atoms with Gasteiger partial charge >= 0.3 is 0 Å². The van der Waals surface area contributed by atoms with Crippen molar-refractivity contribution in [3.05, 3.63) is 75.5 Å². The lowest BCUT2D eigenvalue weighted by atomic mass is 9.45. The van der Waals surface area contributed by atoms with E-state index in [-0.39, 0.29) is 46.6 Å². The molecule has 1 N–H and O–H groups in total. The second-order valence-electron chi connectivity index (χ2n) is 18.3. The number of alkyl halides is 2. The van der Waals surface area contributed by atoms with Gasteiger partial charge in [0.05, 0.1) is 22.7 Å². The van der Waals surface area contributed by atoms with Crippen molar-refractivity contribution in [3.63, 3.8) is 0 Å². The molecule has 298 valence electrons. The predicted octanol–water partition coefficient (Wildman–Crippen LogP) is 9.03. The largest absolute Gasteiger partial charge is 0.378 e. The molecular weight excluding hydrogens is 702 g/mol. The van der Waals surface area contributed by atoms with Crippen molar-refractivity contribution >= 4 is 16.7 Å². The monoisotopic (exact) mass is 760 g/mol. The molecule has 7 nitrogen and oxygen atoms in total. The van der Waals surface area contributed by atoms with Gasteiger partial charge in [-0.3, -0.25) is 14.5 Å². The predicted molar refractivity (Wildman–Crippen MR) is 209 cm³/mol. The highest BCUT2D eigenvalue weighted by atomic mass is 19.3. The van der Waals surface area contributed by atoms with Crippen LogP contribution in [0.3, 0.4) is 0 Å². The Labute approximate surface area is 323 Å². The van der Waals surface area contributed by atoms with E-state index < -0.39 is 11.7 Å². The smallest absolute Gasteiger partial charge is 0.272 e. The average molecular weight is 761 g/mol. The quantitative estimate of drug-likeness (QED) is 0.198. The number of nitrogens with zero attached hydrogens (tertiary/aromatic N) is 3. The molecule has 1 aliphatic heterocycles. The van der Waals surface area contributed by atoms with Gasteiger partial charge in [0.1, 0.15) is 5.82 Å². The van der Waals surface area contributed by atoms with Crippen molar-refractivity contribution in [1.29, 1.82) is 0 Å². The lowest BCUT2D eigenvalue weighted by Crippen LogP contribution is -2.55. The Kier molecular flexibility index (Phi) is 11.0. The van der Waals surface area contributed by atoms with Crippen LogP contribution in [0.25, 0.3) is 10.8 Å². The minimum absolute atomic E-state index is 0.0759. The van der Waals surface area contributed by atoms with Crippen LogP contribution in [0.4, 0.5) is 13.2 Å². The molecule has 1 aromatic heterocycles. The zero-order chi connectivity index (χ0) is 38.4. The number of ether oxygens (including phenoxy) is 1. The van der Waals surface area contributed by atoms with Gasteiger partial charge in [-0.05, 0) is 123 Å². The van der Waals surface area contributed by atoms with Crippen LogP contribution in [-0.4, -0.2) is 77.3 Å². The number of aromatic amines is 1. The Morgan fingerprint density at radius 3 is 2.45 bits per heavy atom. The number of fused-ring (bicyclic) bond motifs is 6. The van der Waals surface area contributed by atoms with E-state index in [0.717, 1.165) is 82.1 Å². The highest BCUT2D eigenvalue weighted by Gasteiger charge is 2.62. The van der Waals surface area contributed by atoms with Crippen molar-refractivity contribution in [1.82, 2.24) is 20.0 Å². The van der Waals surface area contributed by atoms with Crippen molar-refractivity contribution in [2.75, 3.05) is 39.3 Å². The van der Waals surface area contributed by atoms with Gasteiger partial charge < -0.3 is 9.64 Å². The van der Waals surface area contributed by atoms with E-state index in [1.807, 2.05) is 18.2 Å². The van der Waals surface area contributed by atoms with Gasteiger partial charge in [-0.25, -0.2) is 18.3 Å². The maximum atomic E-state index is 15.0. The molecule has 0 bridgehead atoms. The minimum Gasteiger partial charge on any atom is -0.378 e. The number of H-pyrrole nitrogens is 1. The number of hydrogen-bond acceptors (Lipinski definition) is 5. The first-order valence-electron chi connectivity index (χ1n) is 21.2. The van der Waals surface area contributed by atoms with Gasteiger partial charge in [0.2, 0.25) is 5.92 Å². The molecule has 0 unspecified atom stereocenters. The summed E-state index contributed by atoms with van der Waals surface area (Å²) in [4.78, 5) is 29.8. The molecule has 1 saturated heterocycles. The Bertz CT molecular complexity index is 1910. The summed E-state index contributed by atoms with van der Waals surface area (Å²) in [5.41, 5.74) is 1.57. The first kappa shape index (κ1) is 38.6. The first-order chi connectivity index (χ1) is 26.4. The summed E-state index contributed by atoms with van der Waals surface area (Å²) in [6.07, 6.45) is 12.9. The van der Waals surface area contributed by atoms with Crippen LogP contribution in [0.5, 0.6) is 0 Å². The third kappa shape index (κ3) is 7.63. The Hall–Kier alpha value is -3.24. The van der Waals surface area contributed by atoms with Gasteiger partial charge in [0, 0.05) is 57.4 Å². The molecule has 0 spiro atoms. The van der Waals surface area contributed by atoms with Crippen molar-refractivity contribution in [2.45, 2.75) is 116 Å². The molecule has 7 atom stereocenters. The third-order valence-electron chi connectivity index (χ3n) is 15.3. The molecule has 5 fully saturated rings. The Balaban J connectivity index is 0.743. The molecule has 4 aliphatic carbocycles. The summed E-state index contributed by atoms with van der Waals surface area (Å²) in [6, 6.07) is 11.9. The number of unbranched alkanes of at least 4 members (excludes halogenated alkanes) is 3. The zero-order valence-electron chi connectivity index (χ0n) is 32.8. The van der Waals surface area contributed by atoms with E-state index in [1.165, 1.54) is 25.3 Å². The number of hydrogen-bond donors (Lipinski definition) is 1. The number of rotatable bonds is 11. The van der Waals surface area contributed by atoms with Crippen molar-refractivity contribution in [2.24, 2.45) is 34.5 Å². The fourth-order valence-electron chi connectivity index (χ4n) is 12.1. The van der Waals surface area contributed by atoms with Gasteiger partial charge in [-0.1, -0.05) is 51.0 Å². The summed E-state index contributed by atoms with van der Waals surface area (Å²) in [5.74, 6) is -1.15. The SMILES string of the molecule is C[C@]12CCC(F)(F)C[C@@H]1CC[C@@H]1[C@@H]2CC[C@]2(C)[C@@H](OCCCCCCN3CCN(C(=O)c4cc(Cc5n[nH]c(=O)c6ccccc56)ccc4F)CC3)CC[C@@H]12. The van der Waals surface area contributed by atoms with Crippen LogP contribution >= 0.6 is 0 Å². The minimum atomic E-state index is -2.47. The number of benzene rings is 2. The molecule has 8 rings (SSSR count). The molecule has 4 saturated carbocycles. The third-order valence-corrected chi connectivity index (χ3v) is 15.3. The molecular formula is C45H59F3N4O3. The van der Waals surface area contributed by atoms with Crippen LogP contribution in [0.15, 0.2) is 47.3 Å². The number of aromatic nitrogens is 2. The van der Waals surface area contributed by atoms with Crippen LogP contribution in [0, 0.1) is 40.3 Å². The Morgan fingerprint density at radius 2 is 1.64 bits per heavy atom. The fourth-order valence-corrected chi connectivity index (χ4v) is 12.1. The van der Waals surface area contributed by atoms with E-state index in [1.54, 1.807) is 23.1 Å². The van der Waals surface area contributed by atoms with E-state index in [2.05, 4.69) is 28.9 Å². The van der Waals surface area contributed by atoms with Crippen LogP contribution in [0.2, 0.25) is 0 Å². The highest BCUT2D eigenvalue weighted by molar-refractivity contribution is 5.95. The summed E-state index contributed by atoms with van der Waals surface area (Å²) in [6.45, 7) is 9.34. The van der Waals surface area contributed by atoms with Gasteiger partial charge in [-0.2, -0.15) is 5.10 Å². The van der Waals surface area contributed by atoms with Crippen LogP contribution < -0.4 is 5.56 Å². The summed E-state index contributed by atoms with van der Waals surface area (Å²) < 4.78 is 50.3. The van der Waals surface area contributed by atoms with E-state index in [9.17, 15) is 22.8 Å². The molecule has 55 heavy (non-hydrogen) atoms. The molecule has 2 heterocycles. The van der Waals surface area contributed by atoms with Gasteiger partial charge in [-0.15, -0.1) is 0 Å². The molecule has 1 amide bonds. The average Bonchev–Trinajstić information content (AvgIpc) is 3.52. The maximum Gasteiger partial charge on any atom is 0.272 e.